The van der Waals surface area contributed by atoms with E-state index >= 15 is 0 Å². The summed E-state index contributed by atoms with van der Waals surface area (Å²) in [7, 11) is 0. The Morgan fingerprint density at radius 1 is 1.08 bits per heavy atom. The minimum Gasteiger partial charge on any atom is -0.481 e. The van der Waals surface area contributed by atoms with E-state index in [9.17, 15) is 9.59 Å². The van der Waals surface area contributed by atoms with Crippen molar-refractivity contribution in [1.82, 2.24) is 0 Å². The highest BCUT2D eigenvalue weighted by molar-refractivity contribution is 6.30. The number of anilines is 1. The fraction of sp³-hybridized carbons (Fsp3) is 0.300. The van der Waals surface area contributed by atoms with Gasteiger partial charge in [0.05, 0.1) is 12.2 Å². The van der Waals surface area contributed by atoms with Crippen LogP contribution in [0.3, 0.4) is 0 Å². The van der Waals surface area contributed by atoms with Crippen molar-refractivity contribution in [3.8, 4) is 5.75 Å². The lowest BCUT2D eigenvalue weighted by Crippen LogP contribution is -2.30. The van der Waals surface area contributed by atoms with Crippen molar-refractivity contribution >= 4 is 29.2 Å². The van der Waals surface area contributed by atoms with Crippen LogP contribution >= 0.6 is 11.6 Å². The molecule has 5 nitrogen and oxygen atoms in total. The number of carbonyl (C=O) groups excluding carboxylic acids is 2. The van der Waals surface area contributed by atoms with Crippen LogP contribution in [0.5, 0.6) is 5.75 Å². The third-order valence-corrected chi connectivity index (χ3v) is 3.87. The van der Waals surface area contributed by atoms with E-state index < -0.39 is 6.10 Å². The second-order valence-corrected chi connectivity index (χ2v) is 6.21. The second kappa shape index (κ2) is 9.82. The third-order valence-electron chi connectivity index (χ3n) is 3.61. The molecule has 6 heteroatoms. The van der Waals surface area contributed by atoms with E-state index in [1.807, 2.05) is 6.92 Å². The molecule has 0 aromatic heterocycles. The van der Waals surface area contributed by atoms with Gasteiger partial charge >= 0.3 is 5.97 Å². The van der Waals surface area contributed by atoms with Gasteiger partial charge in [0, 0.05) is 10.7 Å². The minimum atomic E-state index is -0.685. The first-order valence-corrected chi connectivity index (χ1v) is 8.87. The molecule has 0 aliphatic rings. The van der Waals surface area contributed by atoms with Gasteiger partial charge in [0.15, 0.2) is 6.10 Å². The number of hydrogen-bond acceptors (Lipinski definition) is 4. The molecule has 2 aromatic carbocycles. The molecular weight excluding hydrogens is 354 g/mol. The zero-order valence-corrected chi connectivity index (χ0v) is 15.6. The minimum absolute atomic E-state index is 0.293. The van der Waals surface area contributed by atoms with Crippen molar-refractivity contribution < 1.29 is 19.1 Å². The van der Waals surface area contributed by atoms with Gasteiger partial charge in [-0.1, -0.05) is 24.9 Å². The molecule has 0 saturated carbocycles. The van der Waals surface area contributed by atoms with Gasteiger partial charge in [-0.3, -0.25) is 4.79 Å². The monoisotopic (exact) mass is 375 g/mol. The molecule has 0 spiro atoms. The molecule has 0 aliphatic carbocycles. The fourth-order valence-corrected chi connectivity index (χ4v) is 2.22. The highest BCUT2D eigenvalue weighted by Crippen LogP contribution is 2.17. The van der Waals surface area contributed by atoms with Crippen molar-refractivity contribution in [2.45, 2.75) is 32.8 Å². The Morgan fingerprint density at radius 3 is 2.35 bits per heavy atom. The van der Waals surface area contributed by atoms with E-state index in [0.29, 0.717) is 28.6 Å². The molecule has 0 aliphatic heterocycles. The van der Waals surface area contributed by atoms with Crippen LogP contribution in [0.15, 0.2) is 48.5 Å². The number of benzene rings is 2. The molecule has 0 fully saturated rings. The summed E-state index contributed by atoms with van der Waals surface area (Å²) in [6.07, 6.45) is 1.12. The third kappa shape index (κ3) is 6.08. The SMILES string of the molecule is CCCCOC(=O)c1ccc(NC(=O)[C@H](C)Oc2ccc(Cl)cc2)cc1. The fourth-order valence-electron chi connectivity index (χ4n) is 2.10. The normalized spacial score (nSPS) is 11.5. The Bertz CT molecular complexity index is 728. The number of unbranched alkanes of at least 4 members (excludes halogenated alkanes) is 1. The average Bonchev–Trinajstić information content (AvgIpc) is 2.64. The van der Waals surface area contributed by atoms with E-state index in [1.165, 1.54) is 0 Å². The molecule has 26 heavy (non-hydrogen) atoms. The van der Waals surface area contributed by atoms with E-state index in [2.05, 4.69) is 5.32 Å². The molecule has 1 N–H and O–H groups in total. The number of rotatable bonds is 8. The molecule has 2 rings (SSSR count). The molecule has 2 aromatic rings. The zero-order chi connectivity index (χ0) is 18.9. The first-order valence-electron chi connectivity index (χ1n) is 8.50. The first kappa shape index (κ1) is 19.8. The van der Waals surface area contributed by atoms with E-state index in [4.69, 9.17) is 21.1 Å². The van der Waals surface area contributed by atoms with E-state index in [0.717, 1.165) is 12.8 Å². The Morgan fingerprint density at radius 2 is 1.73 bits per heavy atom. The highest BCUT2D eigenvalue weighted by Gasteiger charge is 2.15. The number of amides is 1. The lowest BCUT2D eigenvalue weighted by molar-refractivity contribution is -0.122. The highest BCUT2D eigenvalue weighted by atomic mass is 35.5. The standard InChI is InChI=1S/C20H22ClNO4/c1-3-4-13-25-20(24)15-5-9-17(10-6-15)22-19(23)14(2)26-18-11-7-16(21)8-12-18/h5-12,14H,3-4,13H2,1-2H3,(H,22,23)/t14-/m0/s1. The van der Waals surface area contributed by atoms with Crippen LogP contribution in [0.4, 0.5) is 5.69 Å². The maximum Gasteiger partial charge on any atom is 0.338 e. The van der Waals surface area contributed by atoms with Crippen LogP contribution in [0.2, 0.25) is 5.02 Å². The topological polar surface area (TPSA) is 64.6 Å². The quantitative estimate of drug-likeness (QED) is 0.536. The predicted molar refractivity (Wildman–Crippen MR) is 102 cm³/mol. The Hall–Kier alpha value is -2.53. The van der Waals surface area contributed by atoms with E-state index in [1.54, 1.807) is 55.5 Å². The van der Waals surface area contributed by atoms with Crippen LogP contribution in [0, 0.1) is 0 Å². The van der Waals surface area contributed by atoms with Gasteiger partial charge in [-0.15, -0.1) is 0 Å². The van der Waals surface area contributed by atoms with Crippen LogP contribution in [0.1, 0.15) is 37.0 Å². The van der Waals surface area contributed by atoms with Gasteiger partial charge < -0.3 is 14.8 Å². The summed E-state index contributed by atoms with van der Waals surface area (Å²) in [5, 5.41) is 3.35. The Balaban J connectivity index is 1.88. The number of halogens is 1. The van der Waals surface area contributed by atoms with Gasteiger partial charge in [-0.2, -0.15) is 0 Å². The van der Waals surface area contributed by atoms with Gasteiger partial charge in [0.1, 0.15) is 5.75 Å². The second-order valence-electron chi connectivity index (χ2n) is 5.77. The van der Waals surface area contributed by atoms with Crippen LogP contribution < -0.4 is 10.1 Å². The predicted octanol–water partition coefficient (Wildman–Crippen LogP) is 4.70. The van der Waals surface area contributed by atoms with Crippen LogP contribution in [-0.2, 0) is 9.53 Å². The molecule has 138 valence electrons. The molecule has 1 atom stereocenters. The number of ether oxygens (including phenoxy) is 2. The summed E-state index contributed by atoms with van der Waals surface area (Å²) in [5.41, 5.74) is 1.02. The molecular formula is C20H22ClNO4. The lowest BCUT2D eigenvalue weighted by Gasteiger charge is -2.15. The summed E-state index contributed by atoms with van der Waals surface area (Å²) in [6, 6.07) is 13.3. The zero-order valence-electron chi connectivity index (χ0n) is 14.8. The summed E-state index contributed by atoms with van der Waals surface area (Å²) in [4.78, 5) is 24.1. The summed E-state index contributed by atoms with van der Waals surface area (Å²) in [5.74, 6) is -0.101. The van der Waals surface area contributed by atoms with Crippen LogP contribution in [0.25, 0.3) is 0 Å². The van der Waals surface area contributed by atoms with Crippen molar-refractivity contribution in [2.75, 3.05) is 11.9 Å². The number of carbonyl (C=O) groups is 2. The van der Waals surface area contributed by atoms with Crippen molar-refractivity contribution in [2.24, 2.45) is 0 Å². The maximum absolute atomic E-state index is 12.2. The van der Waals surface area contributed by atoms with Gasteiger partial charge in [0.2, 0.25) is 0 Å². The van der Waals surface area contributed by atoms with Crippen molar-refractivity contribution in [3.63, 3.8) is 0 Å². The Kier molecular flexibility index (Phi) is 7.48. The van der Waals surface area contributed by atoms with Crippen LogP contribution in [-0.4, -0.2) is 24.6 Å². The molecule has 0 heterocycles. The largest absolute Gasteiger partial charge is 0.481 e. The molecule has 0 bridgehead atoms. The molecule has 0 unspecified atom stereocenters. The van der Waals surface area contributed by atoms with E-state index in [-0.39, 0.29) is 11.9 Å². The average molecular weight is 376 g/mol. The lowest BCUT2D eigenvalue weighted by atomic mass is 10.2. The summed E-state index contributed by atoms with van der Waals surface area (Å²) < 4.78 is 10.7. The Labute approximate surface area is 158 Å². The maximum atomic E-state index is 12.2. The molecule has 0 saturated heterocycles. The first-order chi connectivity index (χ1) is 12.5. The molecule has 1 amide bonds. The van der Waals surface area contributed by atoms with Gasteiger partial charge in [-0.05, 0) is 61.9 Å². The summed E-state index contributed by atoms with van der Waals surface area (Å²) in [6.45, 7) is 4.10. The van der Waals surface area contributed by atoms with Gasteiger partial charge in [-0.25, -0.2) is 4.79 Å². The van der Waals surface area contributed by atoms with Gasteiger partial charge in [0.25, 0.3) is 5.91 Å². The summed E-state index contributed by atoms with van der Waals surface area (Å²) >= 11 is 5.82. The number of nitrogens with one attached hydrogen (secondary N) is 1. The molecule has 0 radical (unpaired) electrons. The smallest absolute Gasteiger partial charge is 0.338 e. The van der Waals surface area contributed by atoms with Crippen molar-refractivity contribution in [3.05, 3.63) is 59.1 Å². The van der Waals surface area contributed by atoms with Crippen molar-refractivity contribution in [1.29, 1.82) is 0 Å². The number of esters is 1. The number of hydrogen-bond donors (Lipinski definition) is 1.